The lowest BCUT2D eigenvalue weighted by Gasteiger charge is -2.23. The van der Waals surface area contributed by atoms with Gasteiger partial charge in [0.2, 0.25) is 0 Å². The van der Waals surface area contributed by atoms with Gasteiger partial charge in [-0.25, -0.2) is 0 Å². The molecule has 0 aliphatic carbocycles. The van der Waals surface area contributed by atoms with Gasteiger partial charge in [-0.1, -0.05) is 32.4 Å². The summed E-state index contributed by atoms with van der Waals surface area (Å²) < 4.78 is 0. The summed E-state index contributed by atoms with van der Waals surface area (Å²) in [5.41, 5.74) is 8.29. The van der Waals surface area contributed by atoms with Crippen molar-refractivity contribution >= 4 is 5.69 Å². The molecule has 0 aliphatic heterocycles. The second-order valence-electron chi connectivity index (χ2n) is 4.77. The summed E-state index contributed by atoms with van der Waals surface area (Å²) in [7, 11) is 2.15. The quantitative estimate of drug-likeness (QED) is 0.825. The van der Waals surface area contributed by atoms with E-state index in [4.69, 9.17) is 5.73 Å². The largest absolute Gasteiger partial charge is 0.374 e. The fourth-order valence-corrected chi connectivity index (χ4v) is 1.73. The molecule has 1 aromatic carbocycles. The Morgan fingerprint density at radius 1 is 1.19 bits per heavy atom. The van der Waals surface area contributed by atoms with Crippen molar-refractivity contribution in [1.82, 2.24) is 0 Å². The van der Waals surface area contributed by atoms with Crippen molar-refractivity contribution in [3.8, 4) is 0 Å². The Morgan fingerprint density at radius 2 is 1.75 bits per heavy atom. The Morgan fingerprint density at radius 3 is 2.19 bits per heavy atom. The fraction of sp³-hybridized carbons (Fsp3) is 0.571. The van der Waals surface area contributed by atoms with Crippen LogP contribution in [0.2, 0.25) is 0 Å². The third-order valence-electron chi connectivity index (χ3n) is 3.14. The second-order valence-corrected chi connectivity index (χ2v) is 4.77. The molecule has 0 aliphatic rings. The van der Waals surface area contributed by atoms with Crippen LogP contribution < -0.4 is 10.6 Å². The third kappa shape index (κ3) is 3.53. The van der Waals surface area contributed by atoms with Gasteiger partial charge in [0.1, 0.15) is 0 Å². The molecule has 0 heterocycles. The minimum atomic E-state index is 0.119. The van der Waals surface area contributed by atoms with Gasteiger partial charge in [-0.3, -0.25) is 0 Å². The van der Waals surface area contributed by atoms with Crippen molar-refractivity contribution in [2.24, 2.45) is 11.7 Å². The molecule has 2 atom stereocenters. The SMILES string of the molecule is CCC(C)CN(C)c1ccc([C@H](C)N)cc1. The molecule has 2 N–H and O–H groups in total. The highest BCUT2D eigenvalue weighted by Gasteiger charge is 2.06. The average molecular weight is 220 g/mol. The van der Waals surface area contributed by atoms with E-state index in [0.717, 1.165) is 12.5 Å². The van der Waals surface area contributed by atoms with Crippen LogP contribution in [-0.2, 0) is 0 Å². The van der Waals surface area contributed by atoms with Gasteiger partial charge in [0.25, 0.3) is 0 Å². The van der Waals surface area contributed by atoms with Gasteiger partial charge in [0, 0.05) is 25.3 Å². The highest BCUT2D eigenvalue weighted by Crippen LogP contribution is 2.18. The predicted octanol–water partition coefficient (Wildman–Crippen LogP) is 3.19. The maximum absolute atomic E-state index is 5.83. The summed E-state index contributed by atoms with van der Waals surface area (Å²) in [6.45, 7) is 7.64. The third-order valence-corrected chi connectivity index (χ3v) is 3.14. The first-order valence-electron chi connectivity index (χ1n) is 6.11. The molecule has 0 saturated carbocycles. The monoisotopic (exact) mass is 220 g/mol. The Kier molecular flexibility index (Phi) is 4.81. The van der Waals surface area contributed by atoms with E-state index in [1.807, 2.05) is 6.92 Å². The molecule has 1 rings (SSSR count). The molecule has 0 saturated heterocycles. The van der Waals surface area contributed by atoms with E-state index in [9.17, 15) is 0 Å². The Hall–Kier alpha value is -1.02. The molecule has 2 nitrogen and oxygen atoms in total. The van der Waals surface area contributed by atoms with Gasteiger partial charge >= 0.3 is 0 Å². The molecular weight excluding hydrogens is 196 g/mol. The van der Waals surface area contributed by atoms with Crippen molar-refractivity contribution in [3.63, 3.8) is 0 Å². The van der Waals surface area contributed by atoms with E-state index >= 15 is 0 Å². The van der Waals surface area contributed by atoms with Crippen LogP contribution >= 0.6 is 0 Å². The Balaban J connectivity index is 2.66. The predicted molar refractivity (Wildman–Crippen MR) is 71.8 cm³/mol. The van der Waals surface area contributed by atoms with Crippen LogP contribution in [0.15, 0.2) is 24.3 Å². The fourth-order valence-electron chi connectivity index (χ4n) is 1.73. The highest BCUT2D eigenvalue weighted by atomic mass is 15.1. The topological polar surface area (TPSA) is 29.3 Å². The highest BCUT2D eigenvalue weighted by molar-refractivity contribution is 5.47. The molecule has 1 aromatic rings. The van der Waals surface area contributed by atoms with Crippen LogP contribution in [0.3, 0.4) is 0 Å². The van der Waals surface area contributed by atoms with Crippen LogP contribution in [0, 0.1) is 5.92 Å². The van der Waals surface area contributed by atoms with Crippen molar-refractivity contribution in [1.29, 1.82) is 0 Å². The molecule has 0 aromatic heterocycles. The lowest BCUT2D eigenvalue weighted by Crippen LogP contribution is -2.23. The molecule has 1 unspecified atom stereocenters. The van der Waals surface area contributed by atoms with Gasteiger partial charge in [-0.05, 0) is 30.5 Å². The van der Waals surface area contributed by atoms with Crippen LogP contribution in [0.4, 0.5) is 5.69 Å². The van der Waals surface area contributed by atoms with Crippen molar-refractivity contribution in [2.45, 2.75) is 33.2 Å². The summed E-state index contributed by atoms with van der Waals surface area (Å²) in [6.07, 6.45) is 1.22. The van der Waals surface area contributed by atoms with Crippen molar-refractivity contribution in [2.75, 3.05) is 18.5 Å². The number of benzene rings is 1. The minimum Gasteiger partial charge on any atom is -0.374 e. The number of hydrogen-bond acceptors (Lipinski definition) is 2. The smallest absolute Gasteiger partial charge is 0.0363 e. The van der Waals surface area contributed by atoms with Gasteiger partial charge < -0.3 is 10.6 Å². The van der Waals surface area contributed by atoms with Gasteiger partial charge in [0.05, 0.1) is 0 Å². The van der Waals surface area contributed by atoms with E-state index in [0.29, 0.717) is 0 Å². The normalized spacial score (nSPS) is 14.6. The zero-order valence-corrected chi connectivity index (χ0v) is 10.9. The Labute approximate surface area is 99.5 Å². The van der Waals surface area contributed by atoms with Crippen LogP contribution in [0.1, 0.15) is 38.8 Å². The summed E-state index contributed by atoms with van der Waals surface area (Å²) >= 11 is 0. The number of rotatable bonds is 5. The minimum absolute atomic E-state index is 0.119. The molecule has 0 bridgehead atoms. The van der Waals surface area contributed by atoms with Crippen LogP contribution in [0.25, 0.3) is 0 Å². The van der Waals surface area contributed by atoms with Gasteiger partial charge in [-0.2, -0.15) is 0 Å². The first-order valence-corrected chi connectivity index (χ1v) is 6.11. The van der Waals surface area contributed by atoms with Crippen LogP contribution in [0.5, 0.6) is 0 Å². The first kappa shape index (κ1) is 13.0. The van der Waals surface area contributed by atoms with E-state index < -0.39 is 0 Å². The first-order chi connectivity index (χ1) is 7.54. The average Bonchev–Trinajstić information content (AvgIpc) is 2.28. The summed E-state index contributed by atoms with van der Waals surface area (Å²) in [5.74, 6) is 0.734. The summed E-state index contributed by atoms with van der Waals surface area (Å²) in [4.78, 5) is 2.30. The standard InChI is InChI=1S/C14H24N2/c1-5-11(2)10-16(4)14-8-6-13(7-9-14)12(3)15/h6-9,11-12H,5,10,15H2,1-4H3/t11?,12-/m0/s1. The number of hydrogen-bond donors (Lipinski definition) is 1. The maximum Gasteiger partial charge on any atom is 0.0363 e. The molecule has 0 spiro atoms. The zero-order valence-electron chi connectivity index (χ0n) is 10.9. The lowest BCUT2D eigenvalue weighted by atomic mass is 10.1. The lowest BCUT2D eigenvalue weighted by molar-refractivity contribution is 0.560. The van der Waals surface area contributed by atoms with Crippen molar-refractivity contribution < 1.29 is 0 Å². The summed E-state index contributed by atoms with van der Waals surface area (Å²) in [6, 6.07) is 8.66. The molecule has 90 valence electrons. The molecular formula is C14H24N2. The van der Waals surface area contributed by atoms with Gasteiger partial charge in [0.15, 0.2) is 0 Å². The number of nitrogens with zero attached hydrogens (tertiary/aromatic N) is 1. The van der Waals surface area contributed by atoms with E-state index in [-0.39, 0.29) is 6.04 Å². The summed E-state index contributed by atoms with van der Waals surface area (Å²) in [5, 5.41) is 0. The van der Waals surface area contributed by atoms with E-state index in [1.54, 1.807) is 0 Å². The number of nitrogens with two attached hydrogens (primary N) is 1. The molecule has 16 heavy (non-hydrogen) atoms. The molecule has 0 amide bonds. The zero-order chi connectivity index (χ0) is 12.1. The van der Waals surface area contributed by atoms with Crippen LogP contribution in [-0.4, -0.2) is 13.6 Å². The van der Waals surface area contributed by atoms with Gasteiger partial charge in [-0.15, -0.1) is 0 Å². The van der Waals surface area contributed by atoms with Crippen molar-refractivity contribution in [3.05, 3.63) is 29.8 Å². The molecule has 0 radical (unpaired) electrons. The van der Waals surface area contributed by atoms with E-state index in [2.05, 4.69) is 50.1 Å². The maximum atomic E-state index is 5.83. The van der Waals surface area contributed by atoms with E-state index in [1.165, 1.54) is 17.7 Å². The molecule has 0 fully saturated rings. The molecule has 2 heteroatoms. The number of anilines is 1. The Bertz CT molecular complexity index is 303. The second kappa shape index (κ2) is 5.90.